The molecule has 39 heavy (non-hydrogen) atoms. The molecule has 1 heterocycles. The lowest BCUT2D eigenvalue weighted by Crippen LogP contribution is -2.22. The average Bonchev–Trinajstić information content (AvgIpc) is 2.94. The van der Waals surface area contributed by atoms with Crippen molar-refractivity contribution in [2.75, 3.05) is 30.0 Å². The van der Waals surface area contributed by atoms with E-state index in [-0.39, 0.29) is 23.0 Å². The molecule has 0 radical (unpaired) electrons. The van der Waals surface area contributed by atoms with E-state index >= 15 is 4.39 Å². The van der Waals surface area contributed by atoms with Crippen LogP contribution < -0.4 is 10.6 Å². The summed E-state index contributed by atoms with van der Waals surface area (Å²) in [6.45, 7) is 8.81. The van der Waals surface area contributed by atoms with Gasteiger partial charge in [0.25, 0.3) is 5.91 Å². The Balaban J connectivity index is 1.51. The Hall–Kier alpha value is -3.82. The van der Waals surface area contributed by atoms with Gasteiger partial charge in [0.2, 0.25) is 5.95 Å². The van der Waals surface area contributed by atoms with Crippen molar-refractivity contribution in [3.63, 3.8) is 0 Å². The Kier molecular flexibility index (Phi) is 9.27. The smallest absolute Gasteiger partial charge is 0.255 e. The summed E-state index contributed by atoms with van der Waals surface area (Å²) in [5, 5.41) is 5.81. The monoisotopic (exact) mass is 547 g/mol. The van der Waals surface area contributed by atoms with E-state index in [0.29, 0.717) is 11.4 Å². The molecule has 0 spiro atoms. The molecule has 0 atom stereocenters. The van der Waals surface area contributed by atoms with Gasteiger partial charge in [-0.3, -0.25) is 9.69 Å². The number of hydrogen-bond donors (Lipinski definition) is 2. The van der Waals surface area contributed by atoms with Gasteiger partial charge in [-0.15, -0.1) is 11.8 Å². The lowest BCUT2D eigenvalue weighted by atomic mass is 10.1. The SMILES string of the molecule is CCN(CC)Cc1ccc(C)c(NC(=O)c2ccc(Nc3ncc(SC)c(-c4ccc(F)cc4)n3)c(F)c2)c1. The van der Waals surface area contributed by atoms with Gasteiger partial charge in [0.1, 0.15) is 11.6 Å². The maximum atomic E-state index is 15.1. The predicted octanol–water partition coefficient (Wildman–Crippen LogP) is 7.29. The van der Waals surface area contributed by atoms with Crippen molar-refractivity contribution in [3.05, 3.63) is 95.2 Å². The molecule has 0 aliphatic carbocycles. The number of rotatable bonds is 10. The van der Waals surface area contributed by atoms with Crippen LogP contribution >= 0.6 is 11.8 Å². The summed E-state index contributed by atoms with van der Waals surface area (Å²) in [6.07, 6.45) is 3.53. The first-order chi connectivity index (χ1) is 18.8. The van der Waals surface area contributed by atoms with Crippen LogP contribution in [-0.2, 0) is 6.54 Å². The van der Waals surface area contributed by atoms with Gasteiger partial charge in [0.15, 0.2) is 0 Å². The van der Waals surface area contributed by atoms with Crippen molar-refractivity contribution >= 4 is 35.0 Å². The van der Waals surface area contributed by atoms with E-state index in [4.69, 9.17) is 0 Å². The first kappa shape index (κ1) is 28.2. The Morgan fingerprint density at radius 2 is 1.72 bits per heavy atom. The minimum absolute atomic E-state index is 0.130. The van der Waals surface area contributed by atoms with Crippen LogP contribution in [0.15, 0.2) is 71.8 Å². The third kappa shape index (κ3) is 6.99. The number of halogens is 2. The Morgan fingerprint density at radius 1 is 0.974 bits per heavy atom. The molecule has 0 saturated carbocycles. The Bertz CT molecular complexity index is 1460. The highest BCUT2D eigenvalue weighted by Gasteiger charge is 2.15. The fourth-order valence-corrected chi connectivity index (χ4v) is 4.59. The van der Waals surface area contributed by atoms with Gasteiger partial charge in [0.05, 0.1) is 16.3 Å². The summed E-state index contributed by atoms with van der Waals surface area (Å²) in [5.41, 5.74) is 4.36. The molecule has 0 saturated heterocycles. The molecule has 0 aliphatic rings. The molecule has 1 aromatic heterocycles. The van der Waals surface area contributed by atoms with Crippen molar-refractivity contribution in [2.45, 2.75) is 32.2 Å². The van der Waals surface area contributed by atoms with Crippen LogP contribution in [0.25, 0.3) is 11.3 Å². The highest BCUT2D eigenvalue weighted by atomic mass is 32.2. The number of nitrogens with zero attached hydrogens (tertiary/aromatic N) is 3. The summed E-state index contributed by atoms with van der Waals surface area (Å²) in [5.74, 6) is -1.17. The number of aryl methyl sites for hydroxylation is 1. The maximum Gasteiger partial charge on any atom is 0.255 e. The van der Waals surface area contributed by atoms with Gasteiger partial charge in [-0.05, 0) is 85.9 Å². The molecule has 6 nitrogen and oxygen atoms in total. The molecule has 0 unspecified atom stereocenters. The van der Waals surface area contributed by atoms with Gasteiger partial charge < -0.3 is 10.6 Å². The van der Waals surface area contributed by atoms with Crippen LogP contribution in [0, 0.1) is 18.6 Å². The van der Waals surface area contributed by atoms with Crippen LogP contribution in [0.3, 0.4) is 0 Å². The highest BCUT2D eigenvalue weighted by Crippen LogP contribution is 2.30. The molecule has 0 fully saturated rings. The molecule has 4 rings (SSSR count). The topological polar surface area (TPSA) is 70.2 Å². The summed E-state index contributed by atoms with van der Waals surface area (Å²) in [7, 11) is 0. The summed E-state index contributed by atoms with van der Waals surface area (Å²) < 4.78 is 28.5. The zero-order valence-corrected chi connectivity index (χ0v) is 23.2. The number of amides is 1. The molecular weight excluding hydrogens is 516 g/mol. The number of hydrogen-bond acceptors (Lipinski definition) is 6. The number of benzene rings is 3. The minimum atomic E-state index is -0.615. The van der Waals surface area contributed by atoms with Crippen LogP contribution in [0.4, 0.5) is 26.1 Å². The minimum Gasteiger partial charge on any atom is -0.322 e. The first-order valence-corrected chi connectivity index (χ1v) is 13.9. The van der Waals surface area contributed by atoms with Crippen molar-refractivity contribution < 1.29 is 13.6 Å². The first-order valence-electron chi connectivity index (χ1n) is 12.7. The van der Waals surface area contributed by atoms with Gasteiger partial charge in [-0.2, -0.15) is 0 Å². The van der Waals surface area contributed by atoms with Gasteiger partial charge in [-0.25, -0.2) is 18.7 Å². The summed E-state index contributed by atoms with van der Waals surface area (Å²) in [4.78, 5) is 24.9. The average molecular weight is 548 g/mol. The van der Waals surface area contributed by atoms with Gasteiger partial charge in [0, 0.05) is 29.6 Å². The van der Waals surface area contributed by atoms with Gasteiger partial charge in [-0.1, -0.05) is 26.0 Å². The van der Waals surface area contributed by atoms with Crippen LogP contribution in [0.2, 0.25) is 0 Å². The van der Waals surface area contributed by atoms with E-state index < -0.39 is 11.7 Å². The fraction of sp³-hybridized carbons (Fsp3) is 0.233. The zero-order chi connectivity index (χ0) is 27.9. The number of aromatic nitrogens is 2. The molecule has 9 heteroatoms. The van der Waals surface area contributed by atoms with E-state index in [2.05, 4.69) is 45.4 Å². The second-order valence-electron chi connectivity index (χ2n) is 9.00. The Morgan fingerprint density at radius 3 is 2.38 bits per heavy atom. The molecule has 2 N–H and O–H groups in total. The molecule has 0 bridgehead atoms. The van der Waals surface area contributed by atoms with E-state index in [1.165, 1.54) is 36.0 Å². The second-order valence-corrected chi connectivity index (χ2v) is 9.85. The number of carbonyl (C=O) groups is 1. The van der Waals surface area contributed by atoms with Crippen LogP contribution in [-0.4, -0.2) is 40.1 Å². The molecule has 4 aromatic rings. The summed E-state index contributed by atoms with van der Waals surface area (Å²) >= 11 is 1.46. The predicted molar refractivity (Wildman–Crippen MR) is 155 cm³/mol. The van der Waals surface area contributed by atoms with Crippen molar-refractivity contribution in [1.29, 1.82) is 0 Å². The van der Waals surface area contributed by atoms with Gasteiger partial charge >= 0.3 is 0 Å². The number of thioether (sulfide) groups is 1. The van der Waals surface area contributed by atoms with Crippen molar-refractivity contribution in [3.8, 4) is 11.3 Å². The number of anilines is 3. The van der Waals surface area contributed by atoms with Crippen molar-refractivity contribution in [2.24, 2.45) is 0 Å². The summed E-state index contributed by atoms with van der Waals surface area (Å²) in [6, 6.07) is 16.2. The largest absolute Gasteiger partial charge is 0.322 e. The van der Waals surface area contributed by atoms with E-state index in [1.54, 1.807) is 24.4 Å². The normalized spacial score (nSPS) is 11.1. The molecular formula is C30H31F2N5OS. The molecule has 3 aromatic carbocycles. The highest BCUT2D eigenvalue weighted by molar-refractivity contribution is 7.98. The van der Waals surface area contributed by atoms with E-state index in [9.17, 15) is 9.18 Å². The lowest BCUT2D eigenvalue weighted by Gasteiger charge is -2.19. The van der Waals surface area contributed by atoms with Crippen LogP contribution in [0.1, 0.15) is 35.3 Å². The van der Waals surface area contributed by atoms with E-state index in [1.807, 2.05) is 25.3 Å². The molecule has 0 aliphatic heterocycles. The quantitative estimate of drug-likeness (QED) is 0.203. The van der Waals surface area contributed by atoms with Crippen molar-refractivity contribution in [1.82, 2.24) is 14.9 Å². The zero-order valence-electron chi connectivity index (χ0n) is 22.4. The Labute approximate surface area is 231 Å². The third-order valence-corrected chi connectivity index (χ3v) is 7.16. The third-order valence-electron chi connectivity index (χ3n) is 6.42. The standard InChI is InChI=1S/C30H31F2N5OS/c1-5-37(6-2)18-20-8-7-19(3)26(15-20)34-29(38)22-11-14-25(24(32)16-22)35-30-33-17-27(39-4)28(36-30)21-9-12-23(31)13-10-21/h7-17H,5-6,18H2,1-4H3,(H,34,38)(H,33,35,36). The second kappa shape index (κ2) is 12.8. The molecule has 1 amide bonds. The van der Waals surface area contributed by atoms with E-state index in [0.717, 1.165) is 41.2 Å². The number of carbonyl (C=O) groups excluding carboxylic acids is 1. The molecule has 202 valence electrons. The number of nitrogens with one attached hydrogen (secondary N) is 2. The fourth-order valence-electron chi connectivity index (χ4n) is 4.08. The lowest BCUT2D eigenvalue weighted by molar-refractivity contribution is 0.102. The van der Waals surface area contributed by atoms with Crippen LogP contribution in [0.5, 0.6) is 0 Å². The maximum absolute atomic E-state index is 15.1.